The van der Waals surface area contributed by atoms with Crippen molar-refractivity contribution in [1.82, 2.24) is 0 Å². The maximum Gasteiger partial charge on any atom is 0.310 e. The standard InChI is InChI=1S/C14H15NO5/c16-8-3-1-2-7(6-8)15-13(17)11-9-4-5-10(20-9)12(11)14(18)19/h1-3,6,9-12,16H,4-5H2,(H,15,17)(H,18,19)/t9-,10+,11+,12-/m0/s1. The number of carbonyl (C=O) groups is 2. The van der Waals surface area contributed by atoms with Crippen molar-refractivity contribution < 1.29 is 24.5 Å². The zero-order valence-electron chi connectivity index (χ0n) is 10.7. The number of carboxylic acids is 1. The molecule has 0 spiro atoms. The summed E-state index contributed by atoms with van der Waals surface area (Å²) in [5.41, 5.74) is 0.446. The van der Waals surface area contributed by atoms with Crippen molar-refractivity contribution in [1.29, 1.82) is 0 Å². The smallest absolute Gasteiger partial charge is 0.310 e. The number of phenolic OH excluding ortho intramolecular Hbond substituents is 1. The first-order valence-corrected chi connectivity index (χ1v) is 6.54. The van der Waals surface area contributed by atoms with Crippen LogP contribution >= 0.6 is 0 Å². The molecule has 2 heterocycles. The van der Waals surface area contributed by atoms with Crippen LogP contribution in [0.15, 0.2) is 24.3 Å². The fourth-order valence-electron chi connectivity index (χ4n) is 3.13. The first-order valence-electron chi connectivity index (χ1n) is 6.54. The molecule has 2 aliphatic heterocycles. The quantitative estimate of drug-likeness (QED) is 0.771. The molecule has 1 aromatic rings. The molecule has 106 valence electrons. The molecule has 20 heavy (non-hydrogen) atoms. The molecule has 3 N–H and O–H groups in total. The molecule has 0 aliphatic carbocycles. The van der Waals surface area contributed by atoms with Gasteiger partial charge in [-0.2, -0.15) is 0 Å². The number of amides is 1. The average Bonchev–Trinajstić information content (AvgIpc) is 2.98. The highest BCUT2D eigenvalue weighted by atomic mass is 16.5. The molecule has 2 saturated heterocycles. The summed E-state index contributed by atoms with van der Waals surface area (Å²) < 4.78 is 5.55. The van der Waals surface area contributed by atoms with Crippen LogP contribution in [0, 0.1) is 11.8 Å². The lowest BCUT2D eigenvalue weighted by Gasteiger charge is -2.23. The predicted molar refractivity (Wildman–Crippen MR) is 69.2 cm³/mol. The highest BCUT2D eigenvalue weighted by Crippen LogP contribution is 2.44. The molecule has 4 atom stereocenters. The minimum absolute atomic E-state index is 0.0433. The van der Waals surface area contributed by atoms with Gasteiger partial charge in [-0.25, -0.2) is 0 Å². The first kappa shape index (κ1) is 12.9. The van der Waals surface area contributed by atoms with Crippen molar-refractivity contribution in [3.8, 4) is 5.75 Å². The van der Waals surface area contributed by atoms with Gasteiger partial charge in [-0.3, -0.25) is 9.59 Å². The van der Waals surface area contributed by atoms with Crippen molar-refractivity contribution in [3.05, 3.63) is 24.3 Å². The van der Waals surface area contributed by atoms with Crippen LogP contribution in [0.3, 0.4) is 0 Å². The van der Waals surface area contributed by atoms with Crippen molar-refractivity contribution in [2.45, 2.75) is 25.0 Å². The molecule has 0 aromatic heterocycles. The van der Waals surface area contributed by atoms with Gasteiger partial charge < -0.3 is 20.3 Å². The summed E-state index contributed by atoms with van der Waals surface area (Å²) in [4.78, 5) is 23.6. The molecule has 1 amide bonds. The summed E-state index contributed by atoms with van der Waals surface area (Å²) in [7, 11) is 0. The summed E-state index contributed by atoms with van der Waals surface area (Å²) in [5, 5.41) is 21.3. The third-order valence-corrected chi connectivity index (χ3v) is 3.97. The van der Waals surface area contributed by atoms with Gasteiger partial charge in [0.05, 0.1) is 24.0 Å². The van der Waals surface area contributed by atoms with Crippen LogP contribution in [-0.2, 0) is 14.3 Å². The third-order valence-electron chi connectivity index (χ3n) is 3.97. The number of rotatable bonds is 3. The number of carbonyl (C=O) groups excluding carboxylic acids is 1. The number of anilines is 1. The minimum Gasteiger partial charge on any atom is -0.508 e. The van der Waals surface area contributed by atoms with Crippen LogP contribution in [0.1, 0.15) is 12.8 Å². The Hall–Kier alpha value is -2.08. The van der Waals surface area contributed by atoms with Crippen molar-refractivity contribution in [3.63, 3.8) is 0 Å². The summed E-state index contributed by atoms with van der Waals surface area (Å²) in [5.74, 6) is -2.77. The number of hydrogen-bond donors (Lipinski definition) is 3. The number of nitrogens with one attached hydrogen (secondary N) is 1. The minimum atomic E-state index is -0.992. The van der Waals surface area contributed by atoms with Crippen LogP contribution in [0.4, 0.5) is 5.69 Å². The Labute approximate surface area is 115 Å². The lowest BCUT2D eigenvalue weighted by Crippen LogP contribution is -2.40. The Morgan fingerprint density at radius 2 is 1.90 bits per heavy atom. The van der Waals surface area contributed by atoms with E-state index < -0.39 is 17.8 Å². The van der Waals surface area contributed by atoms with Gasteiger partial charge in [0, 0.05) is 11.8 Å². The van der Waals surface area contributed by atoms with Crippen LogP contribution in [0.25, 0.3) is 0 Å². The van der Waals surface area contributed by atoms with Crippen molar-refractivity contribution in [2.24, 2.45) is 11.8 Å². The Bertz CT molecular complexity index is 558. The van der Waals surface area contributed by atoms with Gasteiger partial charge in [-0.15, -0.1) is 0 Å². The summed E-state index contributed by atoms with van der Waals surface area (Å²) in [6.45, 7) is 0. The number of aliphatic carboxylic acids is 1. The fraction of sp³-hybridized carbons (Fsp3) is 0.429. The summed E-state index contributed by atoms with van der Waals surface area (Å²) >= 11 is 0. The molecule has 6 heteroatoms. The topological polar surface area (TPSA) is 95.9 Å². The first-order chi connectivity index (χ1) is 9.56. The van der Waals surface area contributed by atoms with Gasteiger partial charge in [0.2, 0.25) is 5.91 Å². The third kappa shape index (κ3) is 2.12. The second-order valence-electron chi connectivity index (χ2n) is 5.22. The molecule has 6 nitrogen and oxygen atoms in total. The molecule has 0 saturated carbocycles. The highest BCUT2D eigenvalue weighted by Gasteiger charge is 2.55. The highest BCUT2D eigenvalue weighted by molar-refractivity contribution is 5.96. The Morgan fingerprint density at radius 1 is 1.20 bits per heavy atom. The summed E-state index contributed by atoms with van der Waals surface area (Å²) in [6, 6.07) is 6.16. The molecular weight excluding hydrogens is 262 g/mol. The van der Waals surface area contributed by atoms with Crippen LogP contribution in [0.5, 0.6) is 5.75 Å². The maximum atomic E-state index is 12.3. The Balaban J connectivity index is 1.78. The number of ether oxygens (including phenoxy) is 1. The number of carboxylic acid groups (broad SMARTS) is 1. The summed E-state index contributed by atoms with van der Waals surface area (Å²) in [6.07, 6.45) is 0.722. The van der Waals surface area contributed by atoms with Gasteiger partial charge in [0.1, 0.15) is 5.75 Å². The van der Waals surface area contributed by atoms with E-state index in [0.717, 1.165) is 0 Å². The normalized spacial score (nSPS) is 31.2. The van der Waals surface area contributed by atoms with Gasteiger partial charge in [0.15, 0.2) is 0 Å². The van der Waals surface area contributed by atoms with E-state index in [0.29, 0.717) is 18.5 Å². The van der Waals surface area contributed by atoms with E-state index in [1.54, 1.807) is 12.1 Å². The Morgan fingerprint density at radius 3 is 2.55 bits per heavy atom. The number of fused-ring (bicyclic) bond motifs is 2. The van der Waals surface area contributed by atoms with Crippen LogP contribution < -0.4 is 5.32 Å². The van der Waals surface area contributed by atoms with E-state index in [4.69, 9.17) is 4.74 Å². The molecule has 2 fully saturated rings. The fourth-order valence-corrected chi connectivity index (χ4v) is 3.13. The number of phenols is 1. The number of hydrogen-bond acceptors (Lipinski definition) is 4. The van der Waals surface area contributed by atoms with E-state index in [1.165, 1.54) is 12.1 Å². The Kier molecular flexibility index (Phi) is 3.10. The molecule has 0 radical (unpaired) electrons. The molecular formula is C14H15NO5. The van der Waals surface area contributed by atoms with Gasteiger partial charge in [0.25, 0.3) is 0 Å². The van der Waals surface area contributed by atoms with E-state index in [-0.39, 0.29) is 23.9 Å². The van der Waals surface area contributed by atoms with Gasteiger partial charge in [-0.1, -0.05) is 6.07 Å². The monoisotopic (exact) mass is 277 g/mol. The molecule has 0 unspecified atom stereocenters. The SMILES string of the molecule is O=C(O)[C@@H]1[C@H](C(=O)Nc2cccc(O)c2)[C@@H]2CC[C@H]1O2. The average molecular weight is 277 g/mol. The predicted octanol–water partition coefficient (Wildman–Crippen LogP) is 1.21. The molecule has 3 rings (SSSR count). The van der Waals surface area contributed by atoms with E-state index in [2.05, 4.69) is 5.32 Å². The van der Waals surface area contributed by atoms with E-state index in [9.17, 15) is 19.8 Å². The van der Waals surface area contributed by atoms with Gasteiger partial charge in [-0.05, 0) is 25.0 Å². The van der Waals surface area contributed by atoms with Crippen molar-refractivity contribution >= 4 is 17.6 Å². The largest absolute Gasteiger partial charge is 0.508 e. The molecule has 2 aliphatic rings. The second kappa shape index (κ2) is 4.79. The van der Waals surface area contributed by atoms with Gasteiger partial charge >= 0.3 is 5.97 Å². The number of aromatic hydroxyl groups is 1. The molecule has 2 bridgehead atoms. The van der Waals surface area contributed by atoms with E-state index in [1.807, 2.05) is 0 Å². The van der Waals surface area contributed by atoms with Crippen molar-refractivity contribution in [2.75, 3.05) is 5.32 Å². The van der Waals surface area contributed by atoms with Crippen LogP contribution in [0.2, 0.25) is 0 Å². The zero-order valence-corrected chi connectivity index (χ0v) is 10.7. The zero-order chi connectivity index (χ0) is 14.3. The van der Waals surface area contributed by atoms with E-state index >= 15 is 0 Å². The number of benzene rings is 1. The second-order valence-corrected chi connectivity index (χ2v) is 5.22. The van der Waals surface area contributed by atoms with Crippen LogP contribution in [-0.4, -0.2) is 34.3 Å². The maximum absolute atomic E-state index is 12.3. The lowest BCUT2D eigenvalue weighted by molar-refractivity contribution is -0.147. The molecule has 1 aromatic carbocycles. The lowest BCUT2D eigenvalue weighted by atomic mass is 9.78.